The average molecular weight is 520 g/mol. The number of aromatic hydroxyl groups is 1. The zero-order chi connectivity index (χ0) is 26.2. The summed E-state index contributed by atoms with van der Waals surface area (Å²) < 4.78 is 4.27. The number of aromatic nitrogens is 1. The molecule has 0 aliphatic heterocycles. The van der Waals surface area contributed by atoms with Gasteiger partial charge in [-0.25, -0.2) is 0 Å². The lowest BCUT2D eigenvalue weighted by Crippen LogP contribution is -2.12. The first-order chi connectivity index (χ1) is 18.5. The maximum absolute atomic E-state index is 13.3. The van der Waals surface area contributed by atoms with Crippen molar-refractivity contribution < 1.29 is 14.8 Å². The smallest absolute Gasteiger partial charge is 0.270 e. The molecule has 0 fully saturated rings. The fraction of sp³-hybridized carbons (Fsp3) is 0. The second-order valence-corrected chi connectivity index (χ2v) is 9.26. The van der Waals surface area contributed by atoms with E-state index in [1.807, 2.05) is 48.5 Å². The Labute approximate surface area is 219 Å². The van der Waals surface area contributed by atoms with Gasteiger partial charge in [0.05, 0.1) is 16.0 Å². The first kappa shape index (κ1) is 23.2. The number of azo groups is 1. The van der Waals surface area contributed by atoms with Crippen LogP contribution in [-0.2, 0) is 0 Å². The summed E-state index contributed by atoms with van der Waals surface area (Å²) in [6.07, 6.45) is 0. The number of nitro groups is 1. The molecule has 6 aromatic rings. The zero-order valence-corrected chi connectivity index (χ0v) is 20.3. The quantitative estimate of drug-likeness (QED) is 0.136. The Hall–Kier alpha value is -5.22. The lowest BCUT2D eigenvalue weighted by atomic mass is 10.0. The molecule has 184 valence electrons. The molecule has 0 aliphatic carbocycles. The van der Waals surface area contributed by atoms with Crippen molar-refractivity contribution in [1.82, 2.24) is 4.37 Å². The molecule has 0 saturated heterocycles. The van der Waals surface area contributed by atoms with Gasteiger partial charge in [-0.3, -0.25) is 14.9 Å². The number of nitrogens with zero attached hydrogens (tertiary/aromatic N) is 4. The summed E-state index contributed by atoms with van der Waals surface area (Å²) in [7, 11) is 0. The van der Waals surface area contributed by atoms with Gasteiger partial charge < -0.3 is 10.4 Å². The van der Waals surface area contributed by atoms with E-state index in [9.17, 15) is 20.0 Å². The van der Waals surface area contributed by atoms with Crippen LogP contribution >= 0.6 is 11.5 Å². The lowest BCUT2D eigenvalue weighted by molar-refractivity contribution is -0.384. The SMILES string of the molecule is O=C(Nc1ccc2ccccc2c1)c1cc2ccccc2c(N=Nc2snc3ccc([N+](=O)[O-])cc23)c1O. The number of hydrogen-bond donors (Lipinski definition) is 2. The minimum absolute atomic E-state index is 0.0376. The highest BCUT2D eigenvalue weighted by Gasteiger charge is 2.19. The molecule has 0 saturated carbocycles. The standard InChI is InChI=1S/C28H17N5O4S/c34-26-23(27(35)29-19-10-9-16-5-1-2-6-17(16)13-19)14-18-7-3-4-8-21(18)25(26)30-31-28-22-15-20(33(36)37)11-12-24(22)32-38-28/h1-15,34H,(H,29,35). The van der Waals surface area contributed by atoms with Gasteiger partial charge in [0.1, 0.15) is 5.69 Å². The Morgan fingerprint density at radius 1 is 0.868 bits per heavy atom. The summed E-state index contributed by atoms with van der Waals surface area (Å²) in [5.41, 5.74) is 1.19. The van der Waals surface area contributed by atoms with Gasteiger partial charge in [-0.1, -0.05) is 54.6 Å². The van der Waals surface area contributed by atoms with E-state index in [-0.39, 0.29) is 22.7 Å². The number of rotatable bonds is 5. The fourth-order valence-electron chi connectivity index (χ4n) is 4.25. The van der Waals surface area contributed by atoms with E-state index in [1.165, 1.54) is 12.1 Å². The molecule has 1 heterocycles. The first-order valence-corrected chi connectivity index (χ1v) is 12.3. The van der Waals surface area contributed by atoms with Crippen LogP contribution in [0.5, 0.6) is 5.75 Å². The predicted molar refractivity (Wildman–Crippen MR) is 148 cm³/mol. The van der Waals surface area contributed by atoms with Crippen molar-refractivity contribution in [3.63, 3.8) is 0 Å². The number of nitrogens with one attached hydrogen (secondary N) is 1. The number of anilines is 1. The molecule has 1 amide bonds. The van der Waals surface area contributed by atoms with Gasteiger partial charge in [-0.2, -0.15) is 4.37 Å². The summed E-state index contributed by atoms with van der Waals surface area (Å²) in [4.78, 5) is 24.0. The number of carbonyl (C=O) groups excluding carboxylic acids is 1. The van der Waals surface area contributed by atoms with Crippen LogP contribution in [0.3, 0.4) is 0 Å². The monoisotopic (exact) mass is 519 g/mol. The topological polar surface area (TPSA) is 130 Å². The van der Waals surface area contributed by atoms with Crippen LogP contribution in [0, 0.1) is 10.1 Å². The Kier molecular flexibility index (Phi) is 5.70. The van der Waals surface area contributed by atoms with E-state index in [2.05, 4.69) is 19.9 Å². The third kappa shape index (κ3) is 4.18. The summed E-state index contributed by atoms with van der Waals surface area (Å²) >= 11 is 1.03. The molecule has 5 aromatic carbocycles. The molecule has 38 heavy (non-hydrogen) atoms. The maximum Gasteiger partial charge on any atom is 0.270 e. The summed E-state index contributed by atoms with van der Waals surface area (Å²) in [5.74, 6) is -0.829. The number of hydrogen-bond acceptors (Lipinski definition) is 8. The summed E-state index contributed by atoms with van der Waals surface area (Å²) in [5, 5.41) is 37.9. The van der Waals surface area contributed by atoms with Crippen LogP contribution in [0.2, 0.25) is 0 Å². The van der Waals surface area contributed by atoms with Gasteiger partial charge in [0, 0.05) is 28.6 Å². The Balaban J connectivity index is 1.40. The molecule has 0 radical (unpaired) electrons. The number of nitro benzene ring substituents is 1. The molecule has 9 nitrogen and oxygen atoms in total. The van der Waals surface area contributed by atoms with Gasteiger partial charge in [-0.05, 0) is 52.0 Å². The molecule has 1 aromatic heterocycles. The number of phenols is 1. The third-order valence-corrected chi connectivity index (χ3v) is 6.90. The van der Waals surface area contributed by atoms with Crippen molar-refractivity contribution in [3.05, 3.63) is 107 Å². The highest BCUT2D eigenvalue weighted by atomic mass is 32.1. The first-order valence-electron chi connectivity index (χ1n) is 11.5. The molecule has 6 rings (SSSR count). The fourth-order valence-corrected chi connectivity index (χ4v) is 4.94. The van der Waals surface area contributed by atoms with Gasteiger partial charge in [-0.15, -0.1) is 10.2 Å². The van der Waals surface area contributed by atoms with Crippen molar-refractivity contribution in [1.29, 1.82) is 0 Å². The van der Waals surface area contributed by atoms with Crippen molar-refractivity contribution >= 4 is 72.0 Å². The largest absolute Gasteiger partial charge is 0.505 e. The van der Waals surface area contributed by atoms with Crippen LogP contribution in [0.15, 0.2) is 101 Å². The van der Waals surface area contributed by atoms with Crippen molar-refractivity contribution in [2.45, 2.75) is 0 Å². The molecule has 0 aliphatic rings. The molecule has 0 atom stereocenters. The number of carbonyl (C=O) groups is 1. The highest BCUT2D eigenvalue weighted by Crippen LogP contribution is 2.41. The highest BCUT2D eigenvalue weighted by molar-refractivity contribution is 7.11. The van der Waals surface area contributed by atoms with Crippen LogP contribution in [-0.4, -0.2) is 20.3 Å². The van der Waals surface area contributed by atoms with Crippen LogP contribution in [0.4, 0.5) is 22.1 Å². The molecule has 2 N–H and O–H groups in total. The summed E-state index contributed by atoms with van der Waals surface area (Å²) in [6, 6.07) is 26.5. The lowest BCUT2D eigenvalue weighted by Gasteiger charge is -2.11. The van der Waals surface area contributed by atoms with E-state index in [0.717, 1.165) is 22.3 Å². The zero-order valence-electron chi connectivity index (χ0n) is 19.5. The average Bonchev–Trinajstić information content (AvgIpc) is 3.34. The van der Waals surface area contributed by atoms with E-state index in [1.54, 1.807) is 30.3 Å². The molecule has 0 bridgehead atoms. The third-order valence-electron chi connectivity index (χ3n) is 6.14. The number of amides is 1. The Morgan fingerprint density at radius 2 is 1.63 bits per heavy atom. The second-order valence-electron chi connectivity index (χ2n) is 8.50. The molecule has 10 heteroatoms. The predicted octanol–water partition coefficient (Wildman–Crippen LogP) is 7.88. The number of fused-ring (bicyclic) bond motifs is 3. The van der Waals surface area contributed by atoms with Crippen molar-refractivity contribution in [2.75, 3.05) is 5.32 Å². The van der Waals surface area contributed by atoms with Gasteiger partial charge in [0.2, 0.25) is 0 Å². The van der Waals surface area contributed by atoms with Crippen molar-refractivity contribution in [3.8, 4) is 5.75 Å². The molecular formula is C28H17N5O4S. The van der Waals surface area contributed by atoms with E-state index < -0.39 is 10.8 Å². The minimum Gasteiger partial charge on any atom is -0.505 e. The normalized spacial score (nSPS) is 11.5. The maximum atomic E-state index is 13.3. The van der Waals surface area contributed by atoms with Crippen molar-refractivity contribution in [2.24, 2.45) is 10.2 Å². The van der Waals surface area contributed by atoms with Gasteiger partial charge in [0.25, 0.3) is 11.6 Å². The molecular weight excluding hydrogens is 502 g/mol. The summed E-state index contributed by atoms with van der Waals surface area (Å²) in [6.45, 7) is 0. The Morgan fingerprint density at radius 3 is 2.45 bits per heavy atom. The van der Waals surface area contributed by atoms with Gasteiger partial charge in [0.15, 0.2) is 10.8 Å². The molecule has 0 spiro atoms. The van der Waals surface area contributed by atoms with E-state index in [4.69, 9.17) is 0 Å². The minimum atomic E-state index is -0.501. The molecule has 0 unspecified atom stereocenters. The number of phenolic OH excluding ortho intramolecular Hbond substituents is 1. The second kappa shape index (κ2) is 9.34. The van der Waals surface area contributed by atoms with Crippen LogP contribution in [0.1, 0.15) is 10.4 Å². The van der Waals surface area contributed by atoms with E-state index >= 15 is 0 Å². The van der Waals surface area contributed by atoms with Crippen LogP contribution in [0.25, 0.3) is 32.4 Å². The number of benzene rings is 5. The van der Waals surface area contributed by atoms with Crippen LogP contribution < -0.4 is 5.32 Å². The van der Waals surface area contributed by atoms with E-state index in [0.29, 0.717) is 32.4 Å². The Bertz CT molecular complexity index is 1930. The number of non-ortho nitro benzene ring substituents is 1. The van der Waals surface area contributed by atoms with Gasteiger partial charge >= 0.3 is 0 Å².